The first-order chi connectivity index (χ1) is 8.04. The van der Waals surface area contributed by atoms with Crippen LogP contribution in [-0.2, 0) is 4.79 Å². The molecule has 0 N–H and O–H groups in total. The summed E-state index contributed by atoms with van der Waals surface area (Å²) in [6.07, 6.45) is 0.591. The lowest BCUT2D eigenvalue weighted by molar-refractivity contribution is -0.173. The van der Waals surface area contributed by atoms with Gasteiger partial charge < -0.3 is 9.64 Å². The summed E-state index contributed by atoms with van der Waals surface area (Å²) in [5, 5.41) is 0. The molecule has 1 aromatic rings. The summed E-state index contributed by atoms with van der Waals surface area (Å²) >= 11 is 0. The van der Waals surface area contributed by atoms with Gasteiger partial charge in [0, 0.05) is 25.3 Å². The number of carbonyl (C=O) groups is 1. The number of para-hydroxylation sites is 1. The number of hydrogen-bond acceptors (Lipinski definition) is 2. The SMILES string of the molecule is C[C@H]1[C@@H]2CC(=O)N(C)[C@]1(C)Oc1ccccc12. The molecule has 0 aromatic heterocycles. The van der Waals surface area contributed by atoms with Gasteiger partial charge in [0.05, 0.1) is 0 Å². The van der Waals surface area contributed by atoms with E-state index in [2.05, 4.69) is 13.0 Å². The fourth-order valence-corrected chi connectivity index (χ4v) is 3.07. The second kappa shape index (κ2) is 3.25. The molecule has 3 atom stereocenters. The molecule has 0 radical (unpaired) electrons. The van der Waals surface area contributed by atoms with Gasteiger partial charge in [-0.1, -0.05) is 25.1 Å². The minimum absolute atomic E-state index is 0.171. The minimum Gasteiger partial charge on any atom is -0.468 e. The highest BCUT2D eigenvalue weighted by atomic mass is 16.5. The first kappa shape index (κ1) is 10.6. The first-order valence-electron chi connectivity index (χ1n) is 6.08. The van der Waals surface area contributed by atoms with Crippen LogP contribution in [0.2, 0.25) is 0 Å². The molecule has 3 rings (SSSR count). The van der Waals surface area contributed by atoms with E-state index in [4.69, 9.17) is 4.74 Å². The van der Waals surface area contributed by atoms with Crippen LogP contribution in [0.4, 0.5) is 0 Å². The number of piperidine rings is 1. The van der Waals surface area contributed by atoms with E-state index in [1.54, 1.807) is 4.90 Å². The Morgan fingerprint density at radius 3 is 2.88 bits per heavy atom. The summed E-state index contributed by atoms with van der Waals surface area (Å²) in [5.41, 5.74) is 0.674. The molecule has 2 aliphatic rings. The molecule has 0 aliphatic carbocycles. The van der Waals surface area contributed by atoms with E-state index in [1.807, 2.05) is 32.2 Å². The number of likely N-dealkylation sites (tertiary alicyclic amines) is 1. The van der Waals surface area contributed by atoms with Gasteiger partial charge in [0.25, 0.3) is 0 Å². The van der Waals surface area contributed by atoms with Gasteiger partial charge in [0.15, 0.2) is 5.72 Å². The predicted octanol–water partition coefficient (Wildman–Crippen LogP) is 2.38. The fourth-order valence-electron chi connectivity index (χ4n) is 3.07. The number of rotatable bonds is 0. The summed E-state index contributed by atoms with van der Waals surface area (Å²) in [4.78, 5) is 13.8. The van der Waals surface area contributed by atoms with Crippen molar-refractivity contribution in [2.45, 2.75) is 31.9 Å². The van der Waals surface area contributed by atoms with E-state index < -0.39 is 5.72 Å². The van der Waals surface area contributed by atoms with Crippen molar-refractivity contribution in [1.82, 2.24) is 4.90 Å². The predicted molar refractivity (Wildman–Crippen MR) is 64.8 cm³/mol. The van der Waals surface area contributed by atoms with Crippen LogP contribution >= 0.6 is 0 Å². The van der Waals surface area contributed by atoms with Gasteiger partial charge in [-0.3, -0.25) is 4.79 Å². The molecule has 2 bridgehead atoms. The average molecular weight is 231 g/mol. The lowest BCUT2D eigenvalue weighted by atomic mass is 9.73. The summed E-state index contributed by atoms with van der Waals surface area (Å²) in [6.45, 7) is 4.18. The molecule has 3 heteroatoms. The van der Waals surface area contributed by atoms with Gasteiger partial charge in [-0.2, -0.15) is 0 Å². The van der Waals surface area contributed by atoms with Crippen molar-refractivity contribution in [2.24, 2.45) is 5.92 Å². The van der Waals surface area contributed by atoms with Crippen molar-refractivity contribution >= 4 is 5.91 Å². The normalized spacial score (nSPS) is 35.2. The maximum absolute atomic E-state index is 12.0. The Kier molecular flexibility index (Phi) is 2.03. The van der Waals surface area contributed by atoms with Gasteiger partial charge in [-0.05, 0) is 18.6 Å². The van der Waals surface area contributed by atoms with Crippen LogP contribution in [0, 0.1) is 5.92 Å². The zero-order chi connectivity index (χ0) is 12.2. The number of nitrogens with zero attached hydrogens (tertiary/aromatic N) is 1. The molecule has 0 spiro atoms. The summed E-state index contributed by atoms with van der Waals surface area (Å²) in [7, 11) is 1.84. The number of fused-ring (bicyclic) bond motifs is 4. The second-order valence-electron chi connectivity index (χ2n) is 5.25. The Balaban J connectivity index is 2.17. The van der Waals surface area contributed by atoms with Crippen LogP contribution < -0.4 is 4.74 Å². The Labute approximate surface area is 101 Å². The number of benzene rings is 1. The molecular weight excluding hydrogens is 214 g/mol. The molecule has 1 fully saturated rings. The zero-order valence-corrected chi connectivity index (χ0v) is 10.4. The topological polar surface area (TPSA) is 29.5 Å². The van der Waals surface area contributed by atoms with E-state index >= 15 is 0 Å². The summed E-state index contributed by atoms with van der Waals surface area (Å²) < 4.78 is 6.09. The zero-order valence-electron chi connectivity index (χ0n) is 10.4. The van der Waals surface area contributed by atoms with E-state index in [1.165, 1.54) is 5.56 Å². The molecule has 3 nitrogen and oxygen atoms in total. The standard InChI is InChI=1S/C14H17NO2/c1-9-11-8-13(16)15(3)14(9,2)17-12-7-5-4-6-10(11)12/h4-7,9,11H,8H2,1-3H3/t9-,11-,14+/m0/s1. The molecule has 2 aliphatic heterocycles. The second-order valence-corrected chi connectivity index (χ2v) is 5.25. The van der Waals surface area contributed by atoms with Crippen LogP contribution in [0.15, 0.2) is 24.3 Å². The van der Waals surface area contributed by atoms with E-state index in [0.717, 1.165) is 5.75 Å². The van der Waals surface area contributed by atoms with Crippen molar-refractivity contribution in [1.29, 1.82) is 0 Å². The van der Waals surface area contributed by atoms with Gasteiger partial charge in [0.2, 0.25) is 5.91 Å². The highest BCUT2D eigenvalue weighted by Crippen LogP contribution is 2.50. The highest BCUT2D eigenvalue weighted by Gasteiger charge is 2.52. The number of carbonyl (C=O) groups excluding carboxylic acids is 1. The summed E-state index contributed by atoms with van der Waals surface area (Å²) in [6, 6.07) is 8.07. The van der Waals surface area contributed by atoms with E-state index in [0.29, 0.717) is 12.3 Å². The molecular formula is C14H17NO2. The van der Waals surface area contributed by atoms with Crippen molar-refractivity contribution in [2.75, 3.05) is 7.05 Å². The van der Waals surface area contributed by atoms with Crippen molar-refractivity contribution in [3.8, 4) is 5.75 Å². The van der Waals surface area contributed by atoms with Gasteiger partial charge in [-0.25, -0.2) is 0 Å². The third-order valence-electron chi connectivity index (χ3n) is 4.52. The molecule has 1 aromatic carbocycles. The third kappa shape index (κ3) is 1.25. The van der Waals surface area contributed by atoms with Gasteiger partial charge >= 0.3 is 0 Å². The molecule has 0 saturated carbocycles. The fraction of sp³-hybridized carbons (Fsp3) is 0.500. The molecule has 1 amide bonds. The van der Waals surface area contributed by atoms with Crippen LogP contribution in [0.3, 0.4) is 0 Å². The van der Waals surface area contributed by atoms with Gasteiger partial charge in [-0.15, -0.1) is 0 Å². The van der Waals surface area contributed by atoms with Crippen molar-refractivity contribution < 1.29 is 9.53 Å². The van der Waals surface area contributed by atoms with Gasteiger partial charge in [0.1, 0.15) is 5.75 Å². The first-order valence-corrected chi connectivity index (χ1v) is 6.08. The van der Waals surface area contributed by atoms with E-state index in [9.17, 15) is 4.79 Å². The average Bonchev–Trinajstić information content (AvgIpc) is 2.32. The molecule has 90 valence electrons. The van der Waals surface area contributed by atoms with Crippen molar-refractivity contribution in [3.63, 3.8) is 0 Å². The molecule has 2 heterocycles. The maximum atomic E-state index is 12.0. The Hall–Kier alpha value is -1.51. The van der Waals surface area contributed by atoms with Crippen LogP contribution in [0.25, 0.3) is 0 Å². The number of amides is 1. The Morgan fingerprint density at radius 1 is 1.41 bits per heavy atom. The molecule has 0 unspecified atom stereocenters. The summed E-state index contributed by atoms with van der Waals surface area (Å²) in [5.74, 6) is 1.70. The third-order valence-corrected chi connectivity index (χ3v) is 4.52. The molecule has 1 saturated heterocycles. The van der Waals surface area contributed by atoms with Crippen LogP contribution in [0.1, 0.15) is 31.7 Å². The lowest BCUT2D eigenvalue weighted by Gasteiger charge is -2.53. The largest absolute Gasteiger partial charge is 0.468 e. The highest BCUT2D eigenvalue weighted by molar-refractivity contribution is 5.79. The monoisotopic (exact) mass is 231 g/mol. The van der Waals surface area contributed by atoms with Crippen LogP contribution in [-0.4, -0.2) is 23.6 Å². The van der Waals surface area contributed by atoms with Crippen molar-refractivity contribution in [3.05, 3.63) is 29.8 Å². The van der Waals surface area contributed by atoms with E-state index in [-0.39, 0.29) is 11.8 Å². The lowest BCUT2D eigenvalue weighted by Crippen LogP contribution is -2.62. The minimum atomic E-state index is -0.506. The smallest absolute Gasteiger partial charge is 0.225 e. The molecule has 17 heavy (non-hydrogen) atoms. The number of hydrogen-bond donors (Lipinski definition) is 0. The Bertz CT molecular complexity index is 485. The Morgan fingerprint density at radius 2 is 2.12 bits per heavy atom. The quantitative estimate of drug-likeness (QED) is 0.686. The number of ether oxygens (including phenoxy) is 1. The maximum Gasteiger partial charge on any atom is 0.225 e. The van der Waals surface area contributed by atoms with Crippen LogP contribution in [0.5, 0.6) is 5.75 Å².